The van der Waals surface area contributed by atoms with Gasteiger partial charge >= 0.3 is 0 Å². The van der Waals surface area contributed by atoms with Crippen LogP contribution in [-0.4, -0.2) is 11.5 Å². The van der Waals surface area contributed by atoms with E-state index in [0.717, 1.165) is 6.42 Å². The van der Waals surface area contributed by atoms with Gasteiger partial charge in [0.25, 0.3) is 0 Å². The van der Waals surface area contributed by atoms with E-state index in [2.05, 4.69) is 10.3 Å². The summed E-state index contributed by atoms with van der Waals surface area (Å²) in [5.41, 5.74) is 1.28. The van der Waals surface area contributed by atoms with E-state index >= 15 is 0 Å². The molecule has 20 heavy (non-hydrogen) atoms. The predicted molar refractivity (Wildman–Crippen MR) is 75.5 cm³/mol. The van der Waals surface area contributed by atoms with E-state index in [0.29, 0.717) is 23.4 Å². The van der Waals surface area contributed by atoms with Crippen molar-refractivity contribution in [3.63, 3.8) is 0 Å². The molecule has 0 amide bonds. The van der Waals surface area contributed by atoms with Gasteiger partial charge in [0.15, 0.2) is 11.6 Å². The zero-order chi connectivity index (χ0) is 14.5. The lowest BCUT2D eigenvalue weighted by atomic mass is 10.00. The molecular formula is C16H18F2N2. The van der Waals surface area contributed by atoms with E-state index in [1.54, 1.807) is 31.3 Å². The van der Waals surface area contributed by atoms with Crippen LogP contribution in [0.4, 0.5) is 8.78 Å². The Kier molecular flexibility index (Phi) is 4.79. The molecule has 0 spiro atoms. The maximum Gasteiger partial charge on any atom is 0.164 e. The van der Waals surface area contributed by atoms with Crippen molar-refractivity contribution in [2.24, 2.45) is 0 Å². The van der Waals surface area contributed by atoms with Crippen LogP contribution >= 0.6 is 0 Å². The lowest BCUT2D eigenvalue weighted by molar-refractivity contribution is 0.474. The molecule has 0 saturated carbocycles. The molecule has 0 aliphatic heterocycles. The zero-order valence-corrected chi connectivity index (χ0v) is 11.7. The van der Waals surface area contributed by atoms with Gasteiger partial charge in [-0.05, 0) is 37.6 Å². The van der Waals surface area contributed by atoms with Crippen molar-refractivity contribution in [1.82, 2.24) is 10.3 Å². The van der Waals surface area contributed by atoms with Crippen molar-refractivity contribution in [3.8, 4) is 0 Å². The summed E-state index contributed by atoms with van der Waals surface area (Å²) in [6.07, 6.45) is 2.55. The number of rotatable bonds is 5. The molecule has 1 atom stereocenters. The third kappa shape index (κ3) is 3.02. The molecule has 106 valence electrons. The van der Waals surface area contributed by atoms with E-state index in [1.807, 2.05) is 19.1 Å². The maximum absolute atomic E-state index is 14.2. The molecule has 0 aliphatic rings. The summed E-state index contributed by atoms with van der Waals surface area (Å²) in [6, 6.07) is 8.22. The number of aromatic nitrogens is 1. The molecule has 2 aromatic rings. The van der Waals surface area contributed by atoms with Gasteiger partial charge in [-0.15, -0.1) is 0 Å². The van der Waals surface area contributed by atoms with E-state index in [1.165, 1.54) is 0 Å². The third-order valence-electron chi connectivity index (χ3n) is 3.20. The summed E-state index contributed by atoms with van der Waals surface area (Å²) < 4.78 is 27.9. The second-order valence-electron chi connectivity index (χ2n) is 4.74. The quantitative estimate of drug-likeness (QED) is 0.899. The fourth-order valence-corrected chi connectivity index (χ4v) is 2.09. The number of nitrogens with one attached hydrogen (secondary N) is 1. The van der Waals surface area contributed by atoms with E-state index in [9.17, 15) is 8.78 Å². The van der Waals surface area contributed by atoms with Gasteiger partial charge in [0.1, 0.15) is 0 Å². The van der Waals surface area contributed by atoms with Gasteiger partial charge in [0.05, 0.1) is 11.7 Å². The van der Waals surface area contributed by atoms with Gasteiger partial charge in [0, 0.05) is 11.8 Å². The van der Waals surface area contributed by atoms with E-state index < -0.39 is 17.7 Å². The second-order valence-corrected chi connectivity index (χ2v) is 4.74. The molecule has 1 heterocycles. The zero-order valence-electron chi connectivity index (χ0n) is 11.7. The van der Waals surface area contributed by atoms with Crippen molar-refractivity contribution in [2.45, 2.75) is 26.3 Å². The lowest BCUT2D eigenvalue weighted by Crippen LogP contribution is -2.25. The Morgan fingerprint density at radius 2 is 1.95 bits per heavy atom. The first-order valence-corrected chi connectivity index (χ1v) is 6.74. The Balaban J connectivity index is 2.44. The van der Waals surface area contributed by atoms with E-state index in [4.69, 9.17) is 0 Å². The van der Waals surface area contributed by atoms with Gasteiger partial charge in [-0.1, -0.05) is 25.1 Å². The number of halogens is 2. The summed E-state index contributed by atoms with van der Waals surface area (Å²) in [6.45, 7) is 4.28. The van der Waals surface area contributed by atoms with Crippen LogP contribution in [0.15, 0.2) is 36.5 Å². The molecule has 0 aliphatic carbocycles. The van der Waals surface area contributed by atoms with Crippen molar-refractivity contribution in [2.75, 3.05) is 6.54 Å². The fraction of sp³-hybridized carbons (Fsp3) is 0.312. The van der Waals surface area contributed by atoms with Crippen LogP contribution in [0.2, 0.25) is 0 Å². The highest BCUT2D eigenvalue weighted by Crippen LogP contribution is 2.26. The first-order valence-electron chi connectivity index (χ1n) is 6.74. The van der Waals surface area contributed by atoms with Crippen LogP contribution in [0.1, 0.15) is 36.2 Å². The van der Waals surface area contributed by atoms with Gasteiger partial charge in [-0.3, -0.25) is 4.98 Å². The minimum Gasteiger partial charge on any atom is -0.305 e. The molecule has 1 aromatic heterocycles. The Morgan fingerprint density at radius 3 is 2.60 bits per heavy atom. The monoisotopic (exact) mass is 276 g/mol. The third-order valence-corrected chi connectivity index (χ3v) is 3.20. The van der Waals surface area contributed by atoms with Crippen LogP contribution in [0.5, 0.6) is 0 Å². The minimum atomic E-state index is -0.802. The molecule has 1 aromatic carbocycles. The smallest absolute Gasteiger partial charge is 0.164 e. The maximum atomic E-state index is 14.2. The largest absolute Gasteiger partial charge is 0.305 e. The van der Waals surface area contributed by atoms with Gasteiger partial charge in [-0.25, -0.2) is 8.78 Å². The van der Waals surface area contributed by atoms with Crippen LogP contribution < -0.4 is 5.32 Å². The highest BCUT2D eigenvalue weighted by Gasteiger charge is 2.21. The average molecular weight is 276 g/mol. The Hall–Kier alpha value is -1.81. The molecule has 4 heteroatoms. The summed E-state index contributed by atoms with van der Waals surface area (Å²) in [4.78, 5) is 4.25. The number of hydrogen-bond acceptors (Lipinski definition) is 2. The van der Waals surface area contributed by atoms with Gasteiger partial charge in [0.2, 0.25) is 0 Å². The number of hydrogen-bond donors (Lipinski definition) is 1. The van der Waals surface area contributed by atoms with Crippen LogP contribution in [0, 0.1) is 18.6 Å². The molecule has 0 bridgehead atoms. The topological polar surface area (TPSA) is 24.9 Å². The van der Waals surface area contributed by atoms with Gasteiger partial charge in [-0.2, -0.15) is 0 Å². The predicted octanol–water partition coefficient (Wildman–Crippen LogP) is 3.76. The van der Waals surface area contributed by atoms with Crippen LogP contribution in [0.25, 0.3) is 0 Å². The number of pyridine rings is 1. The fourth-order valence-electron chi connectivity index (χ4n) is 2.09. The lowest BCUT2D eigenvalue weighted by Gasteiger charge is -2.19. The Bertz CT molecular complexity index is 570. The molecule has 0 fully saturated rings. The van der Waals surface area contributed by atoms with Crippen molar-refractivity contribution >= 4 is 0 Å². The summed E-state index contributed by atoms with van der Waals surface area (Å²) in [7, 11) is 0. The molecule has 1 N–H and O–H groups in total. The molecule has 2 rings (SSSR count). The van der Waals surface area contributed by atoms with Crippen LogP contribution in [-0.2, 0) is 0 Å². The first kappa shape index (κ1) is 14.6. The Morgan fingerprint density at radius 1 is 1.15 bits per heavy atom. The molecular weight excluding hydrogens is 258 g/mol. The highest BCUT2D eigenvalue weighted by atomic mass is 19.2. The van der Waals surface area contributed by atoms with Crippen molar-refractivity contribution in [1.29, 1.82) is 0 Å². The van der Waals surface area contributed by atoms with Crippen molar-refractivity contribution < 1.29 is 8.78 Å². The standard InChI is InChI=1S/C16H18F2N2/c1-3-9-20-16(13-6-4-5-10-19-13)12-8-7-11(2)14(17)15(12)18/h4-8,10,16,20H,3,9H2,1-2H3. The Labute approximate surface area is 117 Å². The number of benzene rings is 1. The minimum absolute atomic E-state index is 0.292. The summed E-state index contributed by atoms with van der Waals surface area (Å²) in [5.74, 6) is -1.59. The summed E-state index contributed by atoms with van der Waals surface area (Å²) in [5, 5.41) is 3.22. The molecule has 0 radical (unpaired) electrons. The summed E-state index contributed by atoms with van der Waals surface area (Å²) >= 11 is 0. The SMILES string of the molecule is CCCNC(c1ccccn1)c1ccc(C)c(F)c1F. The highest BCUT2D eigenvalue weighted by molar-refractivity contribution is 5.32. The first-order chi connectivity index (χ1) is 9.65. The van der Waals surface area contributed by atoms with Gasteiger partial charge < -0.3 is 5.32 Å². The normalized spacial score (nSPS) is 12.4. The van der Waals surface area contributed by atoms with Crippen LogP contribution in [0.3, 0.4) is 0 Å². The molecule has 1 unspecified atom stereocenters. The van der Waals surface area contributed by atoms with Crippen molar-refractivity contribution in [3.05, 3.63) is 65.0 Å². The molecule has 2 nitrogen and oxygen atoms in total. The molecule has 0 saturated heterocycles. The van der Waals surface area contributed by atoms with E-state index in [-0.39, 0.29) is 0 Å². The number of aryl methyl sites for hydroxylation is 1. The second kappa shape index (κ2) is 6.57. The average Bonchev–Trinajstić information content (AvgIpc) is 2.48. The number of nitrogens with zero attached hydrogens (tertiary/aromatic N) is 1.